The summed E-state index contributed by atoms with van der Waals surface area (Å²) in [5.41, 5.74) is 8.62. The Balaban J connectivity index is 0.000000452. The zero-order chi connectivity index (χ0) is 20.7. The average molecular weight is 535 g/mol. The van der Waals surface area contributed by atoms with Crippen LogP contribution in [0.15, 0.2) is 60.7 Å². The van der Waals surface area contributed by atoms with Crippen LogP contribution in [0.5, 0.6) is 0 Å². The molecule has 4 heteroatoms. The number of fused-ring (bicyclic) bond motifs is 2. The Morgan fingerprint density at radius 1 is 0.733 bits per heavy atom. The van der Waals surface area contributed by atoms with Crippen LogP contribution >= 0.6 is 0 Å². The molecule has 30 heavy (non-hydrogen) atoms. The van der Waals surface area contributed by atoms with Crippen molar-refractivity contribution in [2.45, 2.75) is 52.6 Å². The van der Waals surface area contributed by atoms with E-state index >= 15 is 0 Å². The van der Waals surface area contributed by atoms with Gasteiger partial charge < -0.3 is 24.8 Å². The van der Waals surface area contributed by atoms with E-state index in [-0.39, 0.29) is 30.2 Å². The standard InChI is InChI=1S/2C12H13.C2H6Si.2ClH.Zr/c2*1-9-7-11-6-4-3-5-10(2)12(11)8-9;1-3-2;;;/h2*3-8,10H,1-2H3;1-2H3;2*1H;/q2*-1;;;;+2/p-2. The van der Waals surface area contributed by atoms with Crippen molar-refractivity contribution in [1.29, 1.82) is 0 Å². The van der Waals surface area contributed by atoms with Gasteiger partial charge in [0.05, 0.1) is 0 Å². The summed E-state index contributed by atoms with van der Waals surface area (Å²) in [6.07, 6.45) is 17.3. The van der Waals surface area contributed by atoms with Crippen molar-refractivity contribution in [2.24, 2.45) is 0 Å². The molecule has 0 heterocycles. The molecule has 0 bridgehead atoms. The summed E-state index contributed by atoms with van der Waals surface area (Å²) in [5, 5.41) is 0. The van der Waals surface area contributed by atoms with Crippen LogP contribution in [0.25, 0.3) is 12.2 Å². The van der Waals surface area contributed by atoms with E-state index in [1.54, 1.807) is 23.3 Å². The molecule has 2 aliphatic carbocycles. The van der Waals surface area contributed by atoms with Crippen LogP contribution in [0.2, 0.25) is 13.1 Å². The predicted molar refractivity (Wildman–Crippen MR) is 124 cm³/mol. The Kier molecular flexibility index (Phi) is 14.1. The van der Waals surface area contributed by atoms with Gasteiger partial charge in [-0.25, -0.2) is 0 Å². The predicted octanol–water partition coefficient (Wildman–Crippen LogP) is 1.59. The first-order valence-electron chi connectivity index (χ1n) is 10.0. The third-order valence-electron chi connectivity index (χ3n) is 4.75. The maximum absolute atomic E-state index is 2.31. The number of hydrogen-bond acceptors (Lipinski definition) is 0. The Labute approximate surface area is 211 Å². The van der Waals surface area contributed by atoms with Crippen LogP contribution in [-0.4, -0.2) is 5.43 Å². The molecule has 2 unspecified atom stereocenters. The summed E-state index contributed by atoms with van der Waals surface area (Å²) in [4.78, 5) is 0. The molecular weight excluding hydrogens is 503 g/mol. The molecule has 4 rings (SSSR count). The van der Waals surface area contributed by atoms with Gasteiger partial charge in [-0.2, -0.15) is 34.4 Å². The molecule has 0 saturated heterocycles. The summed E-state index contributed by atoms with van der Waals surface area (Å²) in [7, 11) is 0. The van der Waals surface area contributed by atoms with Gasteiger partial charge in [-0.15, -0.1) is 47.6 Å². The third kappa shape index (κ3) is 9.23. The van der Waals surface area contributed by atoms with Crippen molar-refractivity contribution < 1.29 is 48.1 Å². The molecule has 160 valence electrons. The number of allylic oxidation sites excluding steroid dienone is 6. The first kappa shape index (κ1) is 29.3. The van der Waals surface area contributed by atoms with Crippen molar-refractivity contribution in [1.82, 2.24) is 0 Å². The van der Waals surface area contributed by atoms with Gasteiger partial charge in [-0.05, 0) is 11.8 Å². The molecule has 0 saturated carbocycles. The average Bonchev–Trinajstić information content (AvgIpc) is 3.07. The van der Waals surface area contributed by atoms with Crippen LogP contribution in [0.4, 0.5) is 0 Å². The Hall–Kier alpha value is -0.660. The van der Waals surface area contributed by atoms with Gasteiger partial charge in [0, 0.05) is 0 Å². The van der Waals surface area contributed by atoms with E-state index in [0.29, 0.717) is 11.8 Å². The summed E-state index contributed by atoms with van der Waals surface area (Å²) >= 11 is 1.74. The minimum Gasteiger partial charge on any atom is -1.00 e. The molecule has 2 atom stereocenters. The quantitative estimate of drug-likeness (QED) is 0.356. The van der Waals surface area contributed by atoms with E-state index in [1.807, 2.05) is 0 Å². The van der Waals surface area contributed by atoms with Crippen molar-refractivity contribution in [3.8, 4) is 0 Å². The molecule has 0 radical (unpaired) electrons. The van der Waals surface area contributed by atoms with E-state index in [0.717, 1.165) is 0 Å². The fourth-order valence-electron chi connectivity index (χ4n) is 3.46. The molecule has 0 N–H and O–H groups in total. The first-order valence-corrected chi connectivity index (χ1v) is 16.2. The normalized spacial score (nSPS) is 17.5. The smallest absolute Gasteiger partial charge is 0.0427 e. The maximum Gasteiger partial charge on any atom is -0.0427 e. The van der Waals surface area contributed by atoms with Crippen molar-refractivity contribution in [3.63, 3.8) is 0 Å². The molecular formula is C26H32Cl2SiZr-2. The Morgan fingerprint density at radius 2 is 1.07 bits per heavy atom. The van der Waals surface area contributed by atoms with Gasteiger partial charge in [0.25, 0.3) is 0 Å². The van der Waals surface area contributed by atoms with Crippen molar-refractivity contribution >= 4 is 17.6 Å². The van der Waals surface area contributed by atoms with Gasteiger partial charge >= 0.3 is 41.9 Å². The minimum absolute atomic E-state index is 0. The number of halogens is 2. The fourth-order valence-corrected chi connectivity index (χ4v) is 3.46. The second kappa shape index (κ2) is 14.4. The van der Waals surface area contributed by atoms with Crippen LogP contribution in [0.3, 0.4) is 0 Å². The van der Waals surface area contributed by atoms with E-state index in [4.69, 9.17) is 0 Å². The molecule has 0 aromatic heterocycles. The molecule has 0 amide bonds. The monoisotopic (exact) mass is 532 g/mol. The van der Waals surface area contributed by atoms with Crippen LogP contribution in [0, 0.1) is 13.8 Å². The largest absolute Gasteiger partial charge is 1.00 e. The number of rotatable bonds is 0. The van der Waals surface area contributed by atoms with Gasteiger partial charge in [0.1, 0.15) is 0 Å². The van der Waals surface area contributed by atoms with Gasteiger partial charge in [0.15, 0.2) is 0 Å². The van der Waals surface area contributed by atoms with Crippen molar-refractivity contribution in [3.05, 3.63) is 94.1 Å². The third-order valence-corrected chi connectivity index (χ3v) is 4.75. The second-order valence-electron chi connectivity index (χ2n) is 7.95. The summed E-state index contributed by atoms with van der Waals surface area (Å²) in [6.45, 7) is 13.4. The maximum atomic E-state index is 2.31. The van der Waals surface area contributed by atoms with Crippen molar-refractivity contribution in [2.75, 3.05) is 0 Å². The SMILES string of the molecule is C[Si](C)=[Zr+2].Cc1cc2c([cH-]1)C=CC=CC2C.Cc1cc2c([cH-]1)C=CC=CC2C.[Cl-].[Cl-]. The molecule has 0 nitrogen and oxygen atoms in total. The van der Waals surface area contributed by atoms with E-state index in [2.05, 4.69) is 114 Å². The zero-order valence-electron chi connectivity index (χ0n) is 18.8. The van der Waals surface area contributed by atoms with E-state index < -0.39 is 0 Å². The van der Waals surface area contributed by atoms with Crippen LogP contribution < -0.4 is 24.8 Å². The molecule has 0 aliphatic heterocycles. The van der Waals surface area contributed by atoms with Crippen LogP contribution in [0.1, 0.15) is 59.1 Å². The summed E-state index contributed by atoms with van der Waals surface area (Å²) < 4.78 is 0. The van der Waals surface area contributed by atoms with Gasteiger partial charge in [-0.1, -0.05) is 52.0 Å². The summed E-state index contributed by atoms with van der Waals surface area (Å²) in [5.74, 6) is 1.12. The van der Waals surface area contributed by atoms with Crippen LogP contribution in [-0.2, 0) is 23.3 Å². The van der Waals surface area contributed by atoms with E-state index in [1.165, 1.54) is 33.4 Å². The molecule has 2 aromatic rings. The molecule has 2 aromatic carbocycles. The van der Waals surface area contributed by atoms with Gasteiger partial charge in [0.2, 0.25) is 0 Å². The Bertz CT molecular complexity index is 851. The molecule has 0 spiro atoms. The summed E-state index contributed by atoms with van der Waals surface area (Å²) in [6, 6.07) is 9.05. The molecule has 0 fully saturated rings. The zero-order valence-corrected chi connectivity index (χ0v) is 23.8. The number of hydrogen-bond donors (Lipinski definition) is 0. The van der Waals surface area contributed by atoms with Gasteiger partial charge in [-0.3, -0.25) is 0 Å². The van der Waals surface area contributed by atoms with E-state index in [9.17, 15) is 0 Å². The number of aryl methyl sites for hydroxylation is 2. The Morgan fingerprint density at radius 3 is 1.40 bits per heavy atom. The second-order valence-corrected chi connectivity index (χ2v) is 17.3. The molecule has 2 aliphatic rings. The first-order chi connectivity index (χ1) is 13.3. The minimum atomic E-state index is 0. The fraction of sp³-hybridized carbons (Fsp3) is 0.308. The topological polar surface area (TPSA) is 0 Å².